The number of aliphatic hydroxyl groups is 1. The second-order valence-electron chi connectivity index (χ2n) is 21.2. The van der Waals surface area contributed by atoms with Crippen LogP contribution in [0.5, 0.6) is 5.75 Å². The quantitative estimate of drug-likeness (QED) is 0.209. The Morgan fingerprint density at radius 3 is 2.31 bits per heavy atom. The third kappa shape index (κ3) is 7.49. The molecule has 0 amide bonds. The van der Waals surface area contributed by atoms with Crippen LogP contribution in [0.1, 0.15) is 124 Å². The van der Waals surface area contributed by atoms with E-state index >= 15 is 0 Å². The number of rotatable bonds is 12. The fraction of sp³-hybridized carbons (Fsp3) is 0.804. The highest BCUT2D eigenvalue weighted by Gasteiger charge is 2.83. The van der Waals surface area contributed by atoms with Crippen LogP contribution in [0.2, 0.25) is 0 Å². The summed E-state index contributed by atoms with van der Waals surface area (Å²) in [7, 11) is 1.65. The first-order chi connectivity index (χ1) is 30.9. The van der Waals surface area contributed by atoms with E-state index in [1.54, 1.807) is 7.11 Å². The van der Waals surface area contributed by atoms with Gasteiger partial charge in [0.2, 0.25) is 11.6 Å². The molecule has 0 aromatic heterocycles. The SMILES string of the molecule is C=C1CC(CC[C@@]23OC4[C@H]5O[C@@H](C)CC[C@@H]5O[C@H]5C(O2)[C@]2(O[C@@H](c6ccc(OC)cc6)O[C@@H]32)O[C@@H]45)OC1CC[C@H]1C[C@@H](C)C(=C)C(C[C@@H]2O[C@H]3C[C@@H](C)[C@@H](CCC)O[C@H]3[C@H](C)[C@H]2O)O1. The Morgan fingerprint density at radius 2 is 1.52 bits per heavy atom. The van der Waals surface area contributed by atoms with Crippen molar-refractivity contribution in [3.63, 3.8) is 0 Å². The monoisotopic (exact) mass is 892 g/mol. The first-order valence-corrected chi connectivity index (χ1v) is 24.8. The summed E-state index contributed by atoms with van der Waals surface area (Å²) in [4.78, 5) is 0. The highest BCUT2D eigenvalue weighted by Crippen LogP contribution is 2.64. The number of aliphatic hydroxyl groups excluding tert-OH is 1. The lowest BCUT2D eigenvalue weighted by molar-refractivity contribution is -0.329. The van der Waals surface area contributed by atoms with Crippen LogP contribution in [-0.2, 0) is 52.1 Å². The zero-order valence-corrected chi connectivity index (χ0v) is 38.7. The van der Waals surface area contributed by atoms with Gasteiger partial charge in [0.05, 0.1) is 74.3 Å². The molecule has 1 aromatic carbocycles. The van der Waals surface area contributed by atoms with E-state index in [0.29, 0.717) is 31.1 Å². The van der Waals surface area contributed by atoms with Crippen molar-refractivity contribution in [2.75, 3.05) is 7.11 Å². The third-order valence-corrected chi connectivity index (χ3v) is 16.9. The molecule has 13 nitrogen and oxygen atoms in total. The Labute approximate surface area is 379 Å². The Balaban J connectivity index is 0.740. The summed E-state index contributed by atoms with van der Waals surface area (Å²) in [6, 6.07) is 7.74. The van der Waals surface area contributed by atoms with Gasteiger partial charge in [-0.15, -0.1) is 0 Å². The van der Waals surface area contributed by atoms with Gasteiger partial charge in [0, 0.05) is 24.3 Å². The van der Waals surface area contributed by atoms with E-state index in [1.165, 1.54) is 0 Å². The molecule has 11 aliphatic rings. The fourth-order valence-corrected chi connectivity index (χ4v) is 13.3. The summed E-state index contributed by atoms with van der Waals surface area (Å²) in [6.07, 6.45) is 5.51. The van der Waals surface area contributed by atoms with E-state index in [2.05, 4.69) is 47.8 Å². The van der Waals surface area contributed by atoms with Crippen LogP contribution in [-0.4, -0.2) is 128 Å². The van der Waals surface area contributed by atoms with Gasteiger partial charge in [0.15, 0.2) is 12.4 Å². The largest absolute Gasteiger partial charge is 0.497 e. The zero-order valence-electron chi connectivity index (χ0n) is 38.7. The minimum Gasteiger partial charge on any atom is -0.497 e. The number of methoxy groups -OCH3 is 1. The Hall–Kier alpha value is -1.98. The lowest BCUT2D eigenvalue weighted by atomic mass is 9.78. The molecule has 6 bridgehead atoms. The van der Waals surface area contributed by atoms with Gasteiger partial charge in [-0.25, -0.2) is 0 Å². The van der Waals surface area contributed by atoms with Gasteiger partial charge < -0.3 is 61.9 Å². The predicted molar refractivity (Wildman–Crippen MR) is 232 cm³/mol. The standard InChI is InChI=1S/C51H72O13/c1-9-10-35-27(4)23-40-42(58-35)30(7)41(52)39(57-40)24-38-29(6)25(2)21-33(56-38)16-18-36-26(3)22-34(55-36)19-20-50-49-51(64-48(60-49)31-12-14-32(53-8)15-13-31)47(63-50)46-45(62-51)44(61-50)43-37(59-46)17-11-28(5)54-43/h12-15,25,27-28,30,33-49,52H,3,6,9-11,16-24H2,1-2,4-5,7-8H3/t25-,27-,28+,30-,33+,34?,35-,36?,37+,38?,39+,40+,41-,42+,43+,44?,45+,46-,47?,48+,49+,50-,51-/m1/s1. The molecular weight excluding hydrogens is 821 g/mol. The van der Waals surface area contributed by atoms with E-state index in [4.69, 9.17) is 56.8 Å². The molecule has 1 spiro atoms. The maximum absolute atomic E-state index is 11.5. The van der Waals surface area contributed by atoms with Gasteiger partial charge in [-0.2, -0.15) is 0 Å². The maximum Gasteiger partial charge on any atom is 0.233 e. The Kier molecular flexibility index (Phi) is 12.0. The molecule has 5 unspecified atom stereocenters. The summed E-state index contributed by atoms with van der Waals surface area (Å²) in [5, 5.41) is 11.5. The summed E-state index contributed by atoms with van der Waals surface area (Å²) in [5.41, 5.74) is 3.05. The topological polar surface area (TPSA) is 131 Å². The first kappa shape index (κ1) is 44.5. The predicted octanol–water partition coefficient (Wildman–Crippen LogP) is 7.41. The van der Waals surface area contributed by atoms with Crippen molar-refractivity contribution in [1.29, 1.82) is 0 Å². The molecule has 64 heavy (non-hydrogen) atoms. The fourth-order valence-electron chi connectivity index (χ4n) is 13.3. The van der Waals surface area contributed by atoms with Crippen molar-refractivity contribution in [3.8, 4) is 5.75 Å². The van der Waals surface area contributed by atoms with E-state index in [1.807, 2.05) is 24.3 Å². The smallest absolute Gasteiger partial charge is 0.233 e. The molecule has 0 saturated carbocycles. The third-order valence-electron chi connectivity index (χ3n) is 16.9. The molecule has 1 aromatic rings. The Bertz CT molecular complexity index is 1880. The molecule has 11 aliphatic heterocycles. The highest BCUT2D eigenvalue weighted by atomic mass is 16.9. The summed E-state index contributed by atoms with van der Waals surface area (Å²) >= 11 is 0. The molecule has 0 aliphatic carbocycles. The van der Waals surface area contributed by atoms with Crippen LogP contribution >= 0.6 is 0 Å². The van der Waals surface area contributed by atoms with Gasteiger partial charge in [0.25, 0.3) is 0 Å². The minimum absolute atomic E-state index is 0.0133. The van der Waals surface area contributed by atoms with Crippen molar-refractivity contribution < 1.29 is 61.9 Å². The lowest BCUT2D eigenvalue weighted by Crippen LogP contribution is -2.62. The van der Waals surface area contributed by atoms with E-state index < -0.39 is 48.4 Å². The van der Waals surface area contributed by atoms with Gasteiger partial charge in [-0.1, -0.05) is 59.4 Å². The maximum atomic E-state index is 11.5. The van der Waals surface area contributed by atoms with Crippen molar-refractivity contribution in [2.24, 2.45) is 17.8 Å². The molecule has 13 heteroatoms. The van der Waals surface area contributed by atoms with Crippen LogP contribution in [0.25, 0.3) is 0 Å². The van der Waals surface area contributed by atoms with Gasteiger partial charge in [-0.05, 0) is 99.8 Å². The molecule has 23 atom stereocenters. The highest BCUT2D eigenvalue weighted by molar-refractivity contribution is 5.30. The molecule has 11 saturated heterocycles. The second-order valence-corrected chi connectivity index (χ2v) is 21.2. The molecule has 11 heterocycles. The Morgan fingerprint density at radius 1 is 0.719 bits per heavy atom. The van der Waals surface area contributed by atoms with Gasteiger partial charge in [-0.3, -0.25) is 0 Å². The molecule has 0 radical (unpaired) electrons. The van der Waals surface area contributed by atoms with E-state index in [0.717, 1.165) is 80.2 Å². The van der Waals surface area contributed by atoms with Crippen LogP contribution < -0.4 is 4.74 Å². The van der Waals surface area contributed by atoms with Crippen molar-refractivity contribution >= 4 is 0 Å². The zero-order chi connectivity index (χ0) is 44.2. The lowest BCUT2D eigenvalue weighted by Gasteiger charge is -2.50. The molecule has 1 N–H and O–H groups in total. The average molecular weight is 893 g/mol. The van der Waals surface area contributed by atoms with E-state index in [-0.39, 0.29) is 79.2 Å². The van der Waals surface area contributed by atoms with Crippen LogP contribution in [0.3, 0.4) is 0 Å². The summed E-state index contributed by atoms with van der Waals surface area (Å²) < 4.78 is 80.6. The number of ether oxygens (including phenoxy) is 12. The molecular formula is C51H72O13. The van der Waals surface area contributed by atoms with Gasteiger partial charge in [0.1, 0.15) is 36.3 Å². The molecule has 12 rings (SSSR count). The molecule has 11 fully saturated rings. The summed E-state index contributed by atoms with van der Waals surface area (Å²) in [6.45, 7) is 19.9. The normalized spacial score (nSPS) is 51.5. The van der Waals surface area contributed by atoms with Crippen LogP contribution in [0, 0.1) is 17.8 Å². The van der Waals surface area contributed by atoms with Crippen LogP contribution in [0.4, 0.5) is 0 Å². The number of hydrogen-bond donors (Lipinski definition) is 1. The first-order valence-electron chi connectivity index (χ1n) is 24.8. The number of hydrogen-bond acceptors (Lipinski definition) is 13. The average Bonchev–Trinajstić information content (AvgIpc) is 3.96. The number of benzene rings is 1. The number of fused-ring (bicyclic) bond motifs is 2. The minimum atomic E-state index is -1.20. The molecule has 354 valence electrons. The van der Waals surface area contributed by atoms with Crippen LogP contribution in [0.15, 0.2) is 48.6 Å². The summed E-state index contributed by atoms with van der Waals surface area (Å²) in [5.74, 6) is -0.895. The van der Waals surface area contributed by atoms with Gasteiger partial charge >= 0.3 is 0 Å². The van der Waals surface area contributed by atoms with Crippen molar-refractivity contribution in [3.05, 3.63) is 54.1 Å². The second kappa shape index (κ2) is 17.2. The van der Waals surface area contributed by atoms with Crippen molar-refractivity contribution in [1.82, 2.24) is 0 Å². The van der Waals surface area contributed by atoms with Crippen molar-refractivity contribution in [2.45, 2.75) is 233 Å². The van der Waals surface area contributed by atoms with E-state index in [9.17, 15) is 5.11 Å².